The van der Waals surface area contributed by atoms with Gasteiger partial charge in [0.1, 0.15) is 5.82 Å². The number of pyridine rings is 2. The Balaban J connectivity index is 1.30. The third kappa shape index (κ3) is 4.47. The molecule has 1 saturated heterocycles. The van der Waals surface area contributed by atoms with Crippen LogP contribution in [0, 0.1) is 0 Å². The van der Waals surface area contributed by atoms with E-state index < -0.39 is 0 Å². The highest BCUT2D eigenvalue weighted by atomic mass is 16.2. The van der Waals surface area contributed by atoms with Gasteiger partial charge in [-0.1, -0.05) is 25.3 Å². The van der Waals surface area contributed by atoms with Gasteiger partial charge in [-0.3, -0.25) is 14.9 Å². The largest absolute Gasteiger partial charge is 0.367 e. The van der Waals surface area contributed by atoms with Gasteiger partial charge in [0.05, 0.1) is 16.9 Å². The second-order valence-corrected chi connectivity index (χ2v) is 9.12. The molecule has 0 spiro atoms. The molecular weight excluding hydrogens is 400 g/mol. The minimum Gasteiger partial charge on any atom is -0.367 e. The molecule has 32 heavy (non-hydrogen) atoms. The maximum atomic E-state index is 13.3. The Bertz CT molecular complexity index is 1040. The number of aromatic nitrogens is 4. The molecule has 0 bridgehead atoms. The lowest BCUT2D eigenvalue weighted by molar-refractivity contribution is -0.135. The standard InChI is InChI=1S/C25H32N6O/c32-23(31-16-5-4-10-22(31)18-7-6-14-26-17-18)12-11-20-24-21(30-29-20)13-15-27-25(24)28-19-8-2-1-3-9-19/h6-7,13-15,17,19,22H,1-5,8-12,16H2,(H,27,28)(H,29,30). The number of amides is 1. The molecule has 7 heteroatoms. The van der Waals surface area contributed by atoms with E-state index in [-0.39, 0.29) is 11.9 Å². The van der Waals surface area contributed by atoms with Crippen molar-refractivity contribution in [2.45, 2.75) is 76.3 Å². The number of fused-ring (bicyclic) bond motifs is 1. The van der Waals surface area contributed by atoms with Gasteiger partial charge >= 0.3 is 0 Å². The Hall–Kier alpha value is -2.96. The van der Waals surface area contributed by atoms with E-state index in [2.05, 4.69) is 36.4 Å². The second-order valence-electron chi connectivity index (χ2n) is 9.12. The van der Waals surface area contributed by atoms with E-state index in [1.807, 2.05) is 24.5 Å². The highest BCUT2D eigenvalue weighted by Gasteiger charge is 2.28. The zero-order chi connectivity index (χ0) is 21.8. The van der Waals surface area contributed by atoms with E-state index in [9.17, 15) is 4.79 Å². The van der Waals surface area contributed by atoms with Crippen LogP contribution in [0.1, 0.15) is 75.1 Å². The molecule has 2 aliphatic rings. The summed E-state index contributed by atoms with van der Waals surface area (Å²) in [7, 11) is 0. The first-order valence-electron chi connectivity index (χ1n) is 12.1. The number of carbonyl (C=O) groups excluding carboxylic acids is 1. The quantitative estimate of drug-likeness (QED) is 0.585. The van der Waals surface area contributed by atoms with Crippen molar-refractivity contribution in [2.24, 2.45) is 0 Å². The number of hydrogen-bond acceptors (Lipinski definition) is 5. The molecule has 2 N–H and O–H groups in total. The fourth-order valence-electron chi connectivity index (χ4n) is 5.28. The predicted octanol–water partition coefficient (Wildman–Crippen LogP) is 4.78. The first-order valence-corrected chi connectivity index (χ1v) is 12.1. The number of nitrogens with zero attached hydrogens (tertiary/aromatic N) is 4. The Morgan fingerprint density at radius 1 is 1.09 bits per heavy atom. The summed E-state index contributed by atoms with van der Waals surface area (Å²) in [5.41, 5.74) is 3.04. The van der Waals surface area contributed by atoms with E-state index in [0.29, 0.717) is 18.9 Å². The van der Waals surface area contributed by atoms with E-state index in [1.54, 1.807) is 6.20 Å². The van der Waals surface area contributed by atoms with Gasteiger partial charge in [0, 0.05) is 43.3 Å². The van der Waals surface area contributed by atoms with Crippen molar-refractivity contribution in [1.29, 1.82) is 0 Å². The van der Waals surface area contributed by atoms with Crippen molar-refractivity contribution in [3.05, 3.63) is 48.0 Å². The molecule has 3 aromatic heterocycles. The molecule has 1 amide bonds. The van der Waals surface area contributed by atoms with Gasteiger partial charge in [-0.15, -0.1) is 0 Å². The second kappa shape index (κ2) is 9.67. The fraction of sp³-hybridized carbons (Fsp3) is 0.520. The van der Waals surface area contributed by atoms with Crippen molar-refractivity contribution in [1.82, 2.24) is 25.1 Å². The summed E-state index contributed by atoms with van der Waals surface area (Å²) in [6, 6.07) is 6.58. The zero-order valence-electron chi connectivity index (χ0n) is 18.6. The smallest absolute Gasteiger partial charge is 0.223 e. The topological polar surface area (TPSA) is 86.8 Å². The van der Waals surface area contributed by atoms with Crippen LogP contribution in [0.3, 0.4) is 0 Å². The number of nitrogens with one attached hydrogen (secondary N) is 2. The average Bonchev–Trinajstić information content (AvgIpc) is 3.28. The van der Waals surface area contributed by atoms with Crippen LogP contribution >= 0.6 is 0 Å². The summed E-state index contributed by atoms with van der Waals surface area (Å²) in [6.45, 7) is 0.818. The van der Waals surface area contributed by atoms with Crippen molar-refractivity contribution >= 4 is 22.6 Å². The molecule has 0 aromatic carbocycles. The van der Waals surface area contributed by atoms with Crippen LogP contribution in [0.25, 0.3) is 10.9 Å². The lowest BCUT2D eigenvalue weighted by Crippen LogP contribution is -2.38. The maximum Gasteiger partial charge on any atom is 0.223 e. The summed E-state index contributed by atoms with van der Waals surface area (Å²) < 4.78 is 0. The maximum absolute atomic E-state index is 13.3. The molecule has 1 aliphatic carbocycles. The number of aryl methyl sites for hydroxylation is 1. The number of aromatic amines is 1. The van der Waals surface area contributed by atoms with Gasteiger partial charge in [-0.05, 0) is 56.2 Å². The Morgan fingerprint density at radius 2 is 1.97 bits per heavy atom. The monoisotopic (exact) mass is 432 g/mol. The molecule has 4 heterocycles. The summed E-state index contributed by atoms with van der Waals surface area (Å²) >= 11 is 0. The number of anilines is 1. The normalized spacial score (nSPS) is 19.9. The van der Waals surface area contributed by atoms with Crippen LogP contribution in [0.15, 0.2) is 36.8 Å². The SMILES string of the molecule is O=C(CCc1[nH]nc2ccnc(NC3CCCCC3)c12)N1CCCCC1c1cccnc1. The summed E-state index contributed by atoms with van der Waals surface area (Å²) in [5.74, 6) is 1.10. The van der Waals surface area contributed by atoms with Crippen LogP contribution in [-0.2, 0) is 11.2 Å². The van der Waals surface area contributed by atoms with Gasteiger partial charge in [0.2, 0.25) is 5.91 Å². The van der Waals surface area contributed by atoms with Crippen LogP contribution in [0.4, 0.5) is 5.82 Å². The van der Waals surface area contributed by atoms with Gasteiger partial charge in [-0.25, -0.2) is 4.98 Å². The first kappa shape index (κ1) is 20.9. The summed E-state index contributed by atoms with van der Waals surface area (Å²) in [4.78, 5) is 24.2. The van der Waals surface area contributed by atoms with E-state index in [1.165, 1.54) is 32.1 Å². The van der Waals surface area contributed by atoms with Crippen LogP contribution < -0.4 is 5.32 Å². The van der Waals surface area contributed by atoms with Crippen molar-refractivity contribution in [3.8, 4) is 0 Å². The summed E-state index contributed by atoms with van der Waals surface area (Å²) in [5, 5.41) is 12.4. The molecule has 1 saturated carbocycles. The molecule has 5 rings (SSSR count). The molecule has 7 nitrogen and oxygen atoms in total. The number of piperidine rings is 1. The average molecular weight is 433 g/mol. The molecule has 1 unspecified atom stereocenters. The number of hydrogen-bond donors (Lipinski definition) is 2. The third-order valence-corrected chi connectivity index (χ3v) is 6.97. The number of rotatable bonds is 6. The molecule has 2 fully saturated rings. The number of likely N-dealkylation sites (tertiary alicyclic amines) is 1. The van der Waals surface area contributed by atoms with E-state index in [0.717, 1.165) is 53.8 Å². The van der Waals surface area contributed by atoms with Crippen LogP contribution in [0.2, 0.25) is 0 Å². The highest BCUT2D eigenvalue weighted by Crippen LogP contribution is 2.32. The number of carbonyl (C=O) groups is 1. The van der Waals surface area contributed by atoms with Crippen LogP contribution in [0.5, 0.6) is 0 Å². The Morgan fingerprint density at radius 3 is 2.81 bits per heavy atom. The van der Waals surface area contributed by atoms with Gasteiger partial charge in [0.25, 0.3) is 0 Å². The molecule has 1 atom stereocenters. The van der Waals surface area contributed by atoms with Crippen molar-refractivity contribution in [2.75, 3.05) is 11.9 Å². The number of H-pyrrole nitrogens is 1. The van der Waals surface area contributed by atoms with E-state index in [4.69, 9.17) is 0 Å². The molecule has 168 valence electrons. The first-order chi connectivity index (χ1) is 15.8. The van der Waals surface area contributed by atoms with Gasteiger partial charge < -0.3 is 10.2 Å². The fourth-order valence-corrected chi connectivity index (χ4v) is 5.28. The van der Waals surface area contributed by atoms with E-state index >= 15 is 0 Å². The highest BCUT2D eigenvalue weighted by molar-refractivity contribution is 5.92. The third-order valence-electron chi connectivity index (χ3n) is 6.97. The van der Waals surface area contributed by atoms with Crippen LogP contribution in [-0.4, -0.2) is 43.6 Å². The van der Waals surface area contributed by atoms with Crippen molar-refractivity contribution < 1.29 is 4.79 Å². The Kier molecular flexibility index (Phi) is 6.32. The molecule has 1 aliphatic heterocycles. The minimum atomic E-state index is 0.133. The predicted molar refractivity (Wildman–Crippen MR) is 125 cm³/mol. The lowest BCUT2D eigenvalue weighted by Gasteiger charge is -2.36. The lowest BCUT2D eigenvalue weighted by atomic mass is 9.95. The van der Waals surface area contributed by atoms with Gasteiger partial charge in [-0.2, -0.15) is 5.10 Å². The Labute approximate surface area is 189 Å². The minimum absolute atomic E-state index is 0.133. The molecule has 0 radical (unpaired) electrons. The van der Waals surface area contributed by atoms with Crippen molar-refractivity contribution in [3.63, 3.8) is 0 Å². The summed E-state index contributed by atoms with van der Waals surface area (Å²) in [6.07, 6.45) is 16.1. The molecular formula is C25H32N6O. The molecule has 3 aromatic rings. The van der Waals surface area contributed by atoms with Gasteiger partial charge in [0.15, 0.2) is 0 Å². The zero-order valence-corrected chi connectivity index (χ0v) is 18.6.